The Bertz CT molecular complexity index is 1070. The lowest BCUT2D eigenvalue weighted by molar-refractivity contribution is -0.161. The van der Waals surface area contributed by atoms with Crippen molar-refractivity contribution in [3.63, 3.8) is 0 Å². The number of Topliss-reactive ketones (excluding diaryl/α,β-unsaturated/α-hetero) is 2. The highest BCUT2D eigenvalue weighted by Crippen LogP contribution is 2.68. The smallest absolute Gasteiger partial charge is 0.408 e. The minimum Gasteiger partial charge on any atom is -0.444 e. The van der Waals surface area contributed by atoms with Gasteiger partial charge in [0.2, 0.25) is 17.6 Å². The van der Waals surface area contributed by atoms with Crippen LogP contribution in [0.2, 0.25) is 0 Å². The number of carbonyl (C=O) groups is 5. The van der Waals surface area contributed by atoms with Gasteiger partial charge in [-0.25, -0.2) is 4.79 Å². The predicted octanol–water partition coefficient (Wildman–Crippen LogP) is 4.41. The Balaban J connectivity index is 1.64. The van der Waals surface area contributed by atoms with E-state index in [4.69, 9.17) is 4.74 Å². The number of alkyl carbamates (subject to hydrolysis) is 1. The van der Waals surface area contributed by atoms with Crippen molar-refractivity contribution in [2.24, 2.45) is 34.5 Å². The topological polar surface area (TPSA) is 122 Å². The maximum Gasteiger partial charge on any atom is 0.408 e. The second-order valence-corrected chi connectivity index (χ2v) is 15.2. The van der Waals surface area contributed by atoms with Gasteiger partial charge in [-0.3, -0.25) is 19.2 Å². The van der Waals surface area contributed by atoms with Gasteiger partial charge < -0.3 is 20.3 Å². The summed E-state index contributed by atoms with van der Waals surface area (Å²) in [4.78, 5) is 68.0. The van der Waals surface area contributed by atoms with E-state index in [1.807, 2.05) is 0 Å². The van der Waals surface area contributed by atoms with Crippen LogP contribution in [0.1, 0.15) is 107 Å². The fourth-order valence-corrected chi connectivity index (χ4v) is 7.65. The van der Waals surface area contributed by atoms with Crippen molar-refractivity contribution in [3.05, 3.63) is 0 Å². The molecule has 0 aromatic carbocycles. The minimum atomic E-state index is -0.881. The first-order valence-corrected chi connectivity index (χ1v) is 15.6. The van der Waals surface area contributed by atoms with Crippen LogP contribution in [0.4, 0.5) is 4.79 Å². The Hall–Kier alpha value is -2.45. The summed E-state index contributed by atoms with van der Waals surface area (Å²) in [5.74, 6) is -1.54. The van der Waals surface area contributed by atoms with E-state index in [9.17, 15) is 24.0 Å². The van der Waals surface area contributed by atoms with E-state index >= 15 is 0 Å². The third kappa shape index (κ3) is 6.34. The molecule has 0 aromatic rings. The predicted molar refractivity (Wildman–Crippen MR) is 155 cm³/mol. The van der Waals surface area contributed by atoms with E-state index in [0.717, 1.165) is 44.9 Å². The summed E-state index contributed by atoms with van der Waals surface area (Å²) in [5, 5.41) is 5.82. The molecule has 5 atom stereocenters. The standard InChI is InChI=1S/C32H51N3O6/c1-18(36)26(37)22(16-19-14-15-19)33-27(38)25-23-21(31(5,6)32(23,7)8)17-35(25)28(39)24(20-12-10-9-11-13-20)34-29(40)41-30(2,3)4/h19-25H,9-17H2,1-8H3,(H,33,38)(H,34,40)/t21-,22?,23-,24?,25-/m0/s1. The van der Waals surface area contributed by atoms with Crippen LogP contribution in [0.5, 0.6) is 0 Å². The van der Waals surface area contributed by atoms with Gasteiger partial charge in [-0.15, -0.1) is 0 Å². The lowest BCUT2D eigenvalue weighted by atomic mass is 9.40. The Morgan fingerprint density at radius 1 is 0.902 bits per heavy atom. The molecule has 4 aliphatic rings. The summed E-state index contributed by atoms with van der Waals surface area (Å²) in [6, 6.07) is -2.47. The molecule has 3 saturated carbocycles. The quantitative estimate of drug-likeness (QED) is 0.394. The van der Waals surface area contributed by atoms with Crippen LogP contribution in [0.15, 0.2) is 0 Å². The lowest BCUT2D eigenvalue weighted by Crippen LogP contribution is -2.64. The van der Waals surface area contributed by atoms with Gasteiger partial charge in [-0.1, -0.05) is 59.8 Å². The maximum absolute atomic E-state index is 14.5. The first-order valence-electron chi connectivity index (χ1n) is 15.6. The summed E-state index contributed by atoms with van der Waals surface area (Å²) >= 11 is 0. The normalized spacial score (nSPS) is 28.5. The maximum atomic E-state index is 14.5. The van der Waals surface area contributed by atoms with Gasteiger partial charge in [-0.05, 0) is 74.5 Å². The number of nitrogens with zero attached hydrogens (tertiary/aromatic N) is 1. The number of ketones is 2. The second-order valence-electron chi connectivity index (χ2n) is 15.2. The molecule has 9 heteroatoms. The first kappa shape index (κ1) is 31.5. The SMILES string of the molecule is CC(=O)C(=O)C(CC1CC1)NC(=O)[C@@H]1[C@@H]2[C@H](CN1C(=O)C(NC(=O)OC(C)(C)C)C1CCCCC1)C(C)(C)C2(C)C. The summed E-state index contributed by atoms with van der Waals surface area (Å²) in [7, 11) is 0. The van der Waals surface area contributed by atoms with Gasteiger partial charge in [0.15, 0.2) is 5.78 Å². The van der Waals surface area contributed by atoms with Gasteiger partial charge in [-0.2, -0.15) is 0 Å². The van der Waals surface area contributed by atoms with Gasteiger partial charge in [0, 0.05) is 13.5 Å². The number of carbonyl (C=O) groups excluding carboxylic acids is 5. The Morgan fingerprint density at radius 3 is 2.05 bits per heavy atom. The fraction of sp³-hybridized carbons (Fsp3) is 0.844. The average Bonchev–Trinajstić information content (AvgIpc) is 3.60. The number of rotatable bonds is 9. The third-order valence-corrected chi connectivity index (χ3v) is 10.8. The van der Waals surface area contributed by atoms with Gasteiger partial charge in [0.1, 0.15) is 17.7 Å². The molecule has 2 N–H and O–H groups in total. The van der Waals surface area contributed by atoms with Crippen molar-refractivity contribution in [1.82, 2.24) is 15.5 Å². The summed E-state index contributed by atoms with van der Waals surface area (Å²) in [5.41, 5.74) is -1.08. The largest absolute Gasteiger partial charge is 0.444 e. The molecule has 9 nitrogen and oxygen atoms in total. The van der Waals surface area contributed by atoms with Crippen LogP contribution in [-0.2, 0) is 23.9 Å². The van der Waals surface area contributed by atoms with Crippen molar-refractivity contribution < 1.29 is 28.7 Å². The van der Waals surface area contributed by atoms with Crippen LogP contribution >= 0.6 is 0 Å². The van der Waals surface area contributed by atoms with E-state index in [-0.39, 0.29) is 40.4 Å². The molecule has 0 spiro atoms. The van der Waals surface area contributed by atoms with E-state index in [0.29, 0.717) is 18.9 Å². The molecule has 0 aromatic heterocycles. The molecule has 230 valence electrons. The van der Waals surface area contributed by atoms with Gasteiger partial charge in [0.25, 0.3) is 0 Å². The van der Waals surface area contributed by atoms with E-state index in [1.54, 1.807) is 25.7 Å². The summed E-state index contributed by atoms with van der Waals surface area (Å²) in [6.45, 7) is 15.7. The van der Waals surface area contributed by atoms with E-state index in [1.165, 1.54) is 6.92 Å². The molecule has 2 unspecified atom stereocenters. The highest BCUT2D eigenvalue weighted by atomic mass is 16.6. The molecule has 1 saturated heterocycles. The number of hydrogen-bond acceptors (Lipinski definition) is 6. The van der Waals surface area contributed by atoms with E-state index < -0.39 is 41.4 Å². The van der Waals surface area contributed by atoms with Crippen LogP contribution in [0.3, 0.4) is 0 Å². The van der Waals surface area contributed by atoms with E-state index in [2.05, 4.69) is 38.3 Å². The van der Waals surface area contributed by atoms with Crippen LogP contribution < -0.4 is 10.6 Å². The van der Waals surface area contributed by atoms with Crippen molar-refractivity contribution in [2.45, 2.75) is 130 Å². The van der Waals surface area contributed by atoms with Crippen molar-refractivity contribution >= 4 is 29.5 Å². The third-order valence-electron chi connectivity index (χ3n) is 10.8. The fourth-order valence-electron chi connectivity index (χ4n) is 7.65. The average molecular weight is 574 g/mol. The lowest BCUT2D eigenvalue weighted by Gasteiger charge is -2.63. The molecule has 3 amide bonds. The zero-order valence-corrected chi connectivity index (χ0v) is 26.3. The molecule has 4 fully saturated rings. The zero-order valence-electron chi connectivity index (χ0n) is 26.3. The monoisotopic (exact) mass is 573 g/mol. The van der Waals surface area contributed by atoms with Crippen LogP contribution in [0.25, 0.3) is 0 Å². The highest BCUT2D eigenvalue weighted by molar-refractivity contribution is 6.38. The molecule has 1 heterocycles. The summed E-state index contributed by atoms with van der Waals surface area (Å²) < 4.78 is 5.54. The minimum absolute atomic E-state index is 0.0475. The highest BCUT2D eigenvalue weighted by Gasteiger charge is 2.70. The van der Waals surface area contributed by atoms with Crippen molar-refractivity contribution in [1.29, 1.82) is 0 Å². The number of ether oxygens (including phenoxy) is 1. The van der Waals surface area contributed by atoms with Crippen LogP contribution in [0, 0.1) is 34.5 Å². The zero-order chi connectivity index (χ0) is 30.5. The Labute approximate surface area is 245 Å². The first-order chi connectivity index (χ1) is 19.0. The van der Waals surface area contributed by atoms with Crippen molar-refractivity contribution in [3.8, 4) is 0 Å². The number of likely N-dealkylation sites (tertiary alicyclic amines) is 1. The molecule has 41 heavy (non-hydrogen) atoms. The second kappa shape index (κ2) is 11.3. The number of nitrogens with one attached hydrogen (secondary N) is 2. The molecule has 3 aliphatic carbocycles. The number of amides is 3. The van der Waals surface area contributed by atoms with Crippen LogP contribution in [-0.4, -0.2) is 64.6 Å². The Morgan fingerprint density at radius 2 is 1.51 bits per heavy atom. The molecule has 4 rings (SSSR count). The molecule has 1 aliphatic heterocycles. The molecular formula is C32H51N3O6. The van der Waals surface area contributed by atoms with Crippen molar-refractivity contribution in [2.75, 3.05) is 6.54 Å². The molecule has 0 radical (unpaired) electrons. The Kier molecular flexibility index (Phi) is 8.70. The molecular weight excluding hydrogens is 522 g/mol. The number of fused-ring (bicyclic) bond motifs is 1. The van der Waals surface area contributed by atoms with Gasteiger partial charge in [0.05, 0.1) is 6.04 Å². The summed E-state index contributed by atoms with van der Waals surface area (Å²) in [6.07, 6.45) is 6.46. The molecule has 0 bridgehead atoms. The van der Waals surface area contributed by atoms with Gasteiger partial charge >= 0.3 is 6.09 Å². The number of hydrogen-bond donors (Lipinski definition) is 2.